The van der Waals surface area contributed by atoms with Crippen molar-refractivity contribution >= 4 is 0 Å². The minimum Gasteiger partial charge on any atom is -0.379 e. The van der Waals surface area contributed by atoms with Crippen molar-refractivity contribution in [3.05, 3.63) is 0 Å². The van der Waals surface area contributed by atoms with Crippen molar-refractivity contribution in [2.75, 3.05) is 6.54 Å². The first-order chi connectivity index (χ1) is 4.33. The molecule has 3 N–H and O–H groups in total. The second-order valence-electron chi connectivity index (χ2n) is 2.31. The molecule has 0 aromatic rings. The number of rotatable bonds is 1. The monoisotopic (exact) mass is 125 g/mol. The van der Waals surface area contributed by atoms with E-state index in [2.05, 4.69) is 11.8 Å². The van der Waals surface area contributed by atoms with Crippen LogP contribution in [0.1, 0.15) is 12.8 Å². The van der Waals surface area contributed by atoms with Gasteiger partial charge in [-0.15, -0.1) is 0 Å². The number of hydrogen-bond acceptors (Lipinski definition) is 2. The second kappa shape index (κ2) is 2.86. The molecule has 9 heavy (non-hydrogen) atoms. The van der Waals surface area contributed by atoms with Crippen LogP contribution in [-0.2, 0) is 0 Å². The van der Waals surface area contributed by atoms with Crippen LogP contribution < -0.4 is 5.73 Å². The molecule has 1 aliphatic carbocycles. The molecule has 1 saturated carbocycles. The zero-order chi connectivity index (χ0) is 6.69. The largest absolute Gasteiger partial charge is 0.379 e. The van der Waals surface area contributed by atoms with Gasteiger partial charge in [0.15, 0.2) is 0 Å². The first-order valence-electron chi connectivity index (χ1n) is 3.22. The summed E-state index contributed by atoms with van der Waals surface area (Å²) in [5.74, 6) is 6.16. The van der Waals surface area contributed by atoms with Crippen LogP contribution in [0.25, 0.3) is 0 Å². The van der Waals surface area contributed by atoms with Gasteiger partial charge in [-0.3, -0.25) is 0 Å². The van der Waals surface area contributed by atoms with Gasteiger partial charge in [-0.05, 0) is 12.8 Å². The third-order valence-corrected chi connectivity index (χ3v) is 1.25. The Morgan fingerprint density at radius 3 is 2.78 bits per heavy atom. The van der Waals surface area contributed by atoms with Gasteiger partial charge in [0.25, 0.3) is 0 Å². The van der Waals surface area contributed by atoms with Crippen LogP contribution in [0.15, 0.2) is 0 Å². The Balaban J connectivity index is 2.21. The van der Waals surface area contributed by atoms with Crippen LogP contribution in [0.3, 0.4) is 0 Å². The Hall–Kier alpha value is -0.520. The molecule has 50 valence electrons. The van der Waals surface area contributed by atoms with E-state index >= 15 is 0 Å². The van der Waals surface area contributed by atoms with Crippen molar-refractivity contribution in [3.8, 4) is 11.8 Å². The third kappa shape index (κ3) is 2.50. The van der Waals surface area contributed by atoms with Gasteiger partial charge < -0.3 is 10.8 Å². The standard InChI is InChI=1S/C7H11NO/c8-5-7(9)4-3-6-1-2-6/h6-7,9H,1-2,5,8H2. The van der Waals surface area contributed by atoms with Gasteiger partial charge in [-0.1, -0.05) is 11.8 Å². The van der Waals surface area contributed by atoms with E-state index in [9.17, 15) is 0 Å². The molecule has 1 unspecified atom stereocenters. The van der Waals surface area contributed by atoms with Gasteiger partial charge in [-0.2, -0.15) is 0 Å². The maximum absolute atomic E-state index is 8.84. The molecule has 2 heteroatoms. The lowest BCUT2D eigenvalue weighted by Crippen LogP contribution is -2.17. The third-order valence-electron chi connectivity index (χ3n) is 1.25. The molecule has 0 spiro atoms. The van der Waals surface area contributed by atoms with Gasteiger partial charge in [0.1, 0.15) is 6.10 Å². The Bertz CT molecular complexity index is 141. The first-order valence-corrected chi connectivity index (χ1v) is 3.22. The minimum atomic E-state index is -0.606. The predicted molar refractivity (Wildman–Crippen MR) is 35.6 cm³/mol. The molecular formula is C7H11NO. The summed E-state index contributed by atoms with van der Waals surface area (Å²) in [5.41, 5.74) is 5.13. The minimum absolute atomic E-state index is 0.250. The van der Waals surface area contributed by atoms with E-state index in [0.29, 0.717) is 5.92 Å². The van der Waals surface area contributed by atoms with E-state index in [1.54, 1.807) is 0 Å². The zero-order valence-corrected chi connectivity index (χ0v) is 5.30. The highest BCUT2D eigenvalue weighted by Gasteiger charge is 2.17. The topological polar surface area (TPSA) is 46.2 Å². The summed E-state index contributed by atoms with van der Waals surface area (Å²) in [7, 11) is 0. The lowest BCUT2D eigenvalue weighted by molar-refractivity contribution is 0.241. The Labute approximate surface area is 55.1 Å². The molecule has 1 aliphatic rings. The molecule has 0 bridgehead atoms. The van der Waals surface area contributed by atoms with Gasteiger partial charge in [-0.25, -0.2) is 0 Å². The number of aliphatic hydroxyl groups excluding tert-OH is 1. The Kier molecular flexibility index (Phi) is 2.10. The summed E-state index contributed by atoms with van der Waals surface area (Å²) in [5, 5.41) is 8.84. The van der Waals surface area contributed by atoms with E-state index in [1.165, 1.54) is 12.8 Å². The molecular weight excluding hydrogens is 114 g/mol. The molecule has 0 aliphatic heterocycles. The van der Waals surface area contributed by atoms with E-state index < -0.39 is 6.10 Å². The van der Waals surface area contributed by atoms with E-state index in [0.717, 1.165) is 0 Å². The fourth-order valence-corrected chi connectivity index (χ4v) is 0.501. The van der Waals surface area contributed by atoms with Crippen LogP contribution in [0, 0.1) is 17.8 Å². The van der Waals surface area contributed by atoms with Crippen LogP contribution in [0.4, 0.5) is 0 Å². The van der Waals surface area contributed by atoms with E-state index in [4.69, 9.17) is 10.8 Å². The molecule has 1 atom stereocenters. The quantitative estimate of drug-likeness (QED) is 0.473. The zero-order valence-electron chi connectivity index (χ0n) is 5.30. The second-order valence-corrected chi connectivity index (χ2v) is 2.31. The SMILES string of the molecule is NCC(O)C#CC1CC1. The molecule has 0 radical (unpaired) electrons. The highest BCUT2D eigenvalue weighted by Crippen LogP contribution is 2.27. The molecule has 2 nitrogen and oxygen atoms in total. The summed E-state index contributed by atoms with van der Waals surface area (Å²) in [6.07, 6.45) is 1.79. The normalized spacial score (nSPS) is 20.2. The van der Waals surface area contributed by atoms with Crippen molar-refractivity contribution in [1.29, 1.82) is 0 Å². The molecule has 1 rings (SSSR count). The van der Waals surface area contributed by atoms with Crippen LogP contribution in [0.5, 0.6) is 0 Å². The Morgan fingerprint density at radius 1 is 1.67 bits per heavy atom. The van der Waals surface area contributed by atoms with E-state index in [-0.39, 0.29) is 6.54 Å². The molecule has 0 aromatic carbocycles. The van der Waals surface area contributed by atoms with Crippen molar-refractivity contribution in [2.24, 2.45) is 11.7 Å². The number of hydrogen-bond donors (Lipinski definition) is 2. The summed E-state index contributed by atoms with van der Waals surface area (Å²) < 4.78 is 0. The first kappa shape index (κ1) is 6.60. The maximum Gasteiger partial charge on any atom is 0.126 e. The average Bonchev–Trinajstić information content (AvgIpc) is 2.65. The summed E-state index contributed by atoms with van der Waals surface area (Å²) in [6, 6.07) is 0. The molecule has 0 amide bonds. The fourth-order valence-electron chi connectivity index (χ4n) is 0.501. The fraction of sp³-hybridized carbons (Fsp3) is 0.714. The van der Waals surface area contributed by atoms with Crippen molar-refractivity contribution in [3.63, 3.8) is 0 Å². The molecule has 0 aromatic heterocycles. The lowest BCUT2D eigenvalue weighted by Gasteiger charge is -1.92. The van der Waals surface area contributed by atoms with Crippen molar-refractivity contribution in [2.45, 2.75) is 18.9 Å². The highest BCUT2D eigenvalue weighted by molar-refractivity contribution is 5.12. The summed E-state index contributed by atoms with van der Waals surface area (Å²) in [6.45, 7) is 0.250. The maximum atomic E-state index is 8.84. The van der Waals surface area contributed by atoms with Crippen LogP contribution in [0.2, 0.25) is 0 Å². The molecule has 0 heterocycles. The van der Waals surface area contributed by atoms with E-state index in [1.807, 2.05) is 0 Å². The van der Waals surface area contributed by atoms with Gasteiger partial charge >= 0.3 is 0 Å². The van der Waals surface area contributed by atoms with Gasteiger partial charge in [0.05, 0.1) is 0 Å². The van der Waals surface area contributed by atoms with Crippen molar-refractivity contribution in [1.82, 2.24) is 0 Å². The smallest absolute Gasteiger partial charge is 0.126 e. The van der Waals surface area contributed by atoms with Crippen LogP contribution >= 0.6 is 0 Å². The average molecular weight is 125 g/mol. The van der Waals surface area contributed by atoms with Gasteiger partial charge in [0.2, 0.25) is 0 Å². The molecule has 0 saturated heterocycles. The van der Waals surface area contributed by atoms with Crippen molar-refractivity contribution < 1.29 is 5.11 Å². The predicted octanol–water partition coefficient (Wildman–Crippen LogP) is -0.281. The van der Waals surface area contributed by atoms with Gasteiger partial charge in [0, 0.05) is 12.5 Å². The summed E-state index contributed by atoms with van der Waals surface area (Å²) in [4.78, 5) is 0. The Morgan fingerprint density at radius 2 is 2.33 bits per heavy atom. The number of nitrogens with two attached hydrogens (primary N) is 1. The molecule has 1 fully saturated rings. The summed E-state index contributed by atoms with van der Waals surface area (Å²) >= 11 is 0. The lowest BCUT2D eigenvalue weighted by atomic mass is 10.3. The highest BCUT2D eigenvalue weighted by atomic mass is 16.3. The number of aliphatic hydroxyl groups is 1. The van der Waals surface area contributed by atoms with Crippen LogP contribution in [-0.4, -0.2) is 17.8 Å².